The third kappa shape index (κ3) is 2.59. The van der Waals surface area contributed by atoms with Crippen LogP contribution in [0.5, 0.6) is 11.5 Å². The van der Waals surface area contributed by atoms with Gasteiger partial charge in [-0.05, 0) is 37.0 Å². The van der Waals surface area contributed by atoms with Gasteiger partial charge in [-0.1, -0.05) is 6.92 Å². The highest BCUT2D eigenvalue weighted by atomic mass is 16.5. The van der Waals surface area contributed by atoms with Gasteiger partial charge in [0.25, 0.3) is 0 Å². The minimum Gasteiger partial charge on any atom is -0.493 e. The molecule has 0 aliphatic carbocycles. The fourth-order valence-electron chi connectivity index (χ4n) is 2.43. The van der Waals surface area contributed by atoms with E-state index in [-0.39, 0.29) is 17.8 Å². The minimum absolute atomic E-state index is 0.0310. The number of ketones is 1. The van der Waals surface area contributed by atoms with Crippen molar-refractivity contribution < 1.29 is 19.0 Å². The third-order valence-electron chi connectivity index (χ3n) is 3.64. The van der Waals surface area contributed by atoms with Crippen LogP contribution in [0.4, 0.5) is 0 Å². The maximum Gasteiger partial charge on any atom is 0.192 e. The van der Waals surface area contributed by atoms with Crippen molar-refractivity contribution >= 4 is 5.78 Å². The molecular weight excluding hydrogens is 244 g/mol. The summed E-state index contributed by atoms with van der Waals surface area (Å²) in [7, 11) is 3.15. The quantitative estimate of drug-likeness (QED) is 0.784. The van der Waals surface area contributed by atoms with Gasteiger partial charge in [0.15, 0.2) is 17.3 Å². The molecule has 0 amide bonds. The van der Waals surface area contributed by atoms with Gasteiger partial charge in [0, 0.05) is 12.2 Å². The SMILES string of the molecule is COc1cc(C)c(C(=O)C2OCCC2C)cc1OC. The van der Waals surface area contributed by atoms with E-state index < -0.39 is 0 Å². The van der Waals surface area contributed by atoms with Gasteiger partial charge in [-0.25, -0.2) is 0 Å². The number of carbonyl (C=O) groups is 1. The van der Waals surface area contributed by atoms with Crippen molar-refractivity contribution in [1.82, 2.24) is 0 Å². The second kappa shape index (κ2) is 5.61. The molecule has 4 heteroatoms. The van der Waals surface area contributed by atoms with E-state index in [0.717, 1.165) is 12.0 Å². The predicted molar refractivity (Wildman–Crippen MR) is 72.1 cm³/mol. The van der Waals surface area contributed by atoms with E-state index >= 15 is 0 Å². The molecule has 2 atom stereocenters. The second-order valence-corrected chi connectivity index (χ2v) is 4.94. The van der Waals surface area contributed by atoms with Gasteiger partial charge >= 0.3 is 0 Å². The number of hydrogen-bond acceptors (Lipinski definition) is 4. The van der Waals surface area contributed by atoms with E-state index in [1.165, 1.54) is 0 Å². The first kappa shape index (κ1) is 13.9. The monoisotopic (exact) mass is 264 g/mol. The van der Waals surface area contributed by atoms with Crippen LogP contribution in [0.3, 0.4) is 0 Å². The Morgan fingerprint density at radius 2 is 1.89 bits per heavy atom. The number of rotatable bonds is 4. The molecule has 1 fully saturated rings. The Bertz CT molecular complexity index is 481. The fraction of sp³-hybridized carbons (Fsp3) is 0.533. The number of hydrogen-bond donors (Lipinski definition) is 0. The zero-order valence-corrected chi connectivity index (χ0v) is 11.9. The third-order valence-corrected chi connectivity index (χ3v) is 3.64. The molecule has 0 saturated carbocycles. The number of carbonyl (C=O) groups excluding carboxylic acids is 1. The van der Waals surface area contributed by atoms with Crippen LogP contribution < -0.4 is 9.47 Å². The molecule has 2 rings (SSSR count). The minimum atomic E-state index is -0.336. The molecule has 0 aromatic heterocycles. The Balaban J connectivity index is 2.36. The summed E-state index contributed by atoms with van der Waals surface area (Å²) in [6, 6.07) is 3.57. The molecule has 0 N–H and O–H groups in total. The predicted octanol–water partition coefficient (Wildman–Crippen LogP) is 2.62. The van der Waals surface area contributed by atoms with Gasteiger partial charge in [-0.15, -0.1) is 0 Å². The van der Waals surface area contributed by atoms with Crippen molar-refractivity contribution in [2.24, 2.45) is 5.92 Å². The van der Waals surface area contributed by atoms with Crippen molar-refractivity contribution in [3.8, 4) is 11.5 Å². The first-order valence-electron chi connectivity index (χ1n) is 6.47. The lowest BCUT2D eigenvalue weighted by atomic mass is 9.93. The summed E-state index contributed by atoms with van der Waals surface area (Å²) < 4.78 is 16.0. The number of Topliss-reactive ketones (excluding diaryl/α,β-unsaturated/α-hetero) is 1. The molecule has 0 bridgehead atoms. The molecule has 1 aliphatic rings. The fourth-order valence-corrected chi connectivity index (χ4v) is 2.43. The van der Waals surface area contributed by atoms with Crippen molar-refractivity contribution in [1.29, 1.82) is 0 Å². The van der Waals surface area contributed by atoms with Gasteiger partial charge < -0.3 is 14.2 Å². The van der Waals surface area contributed by atoms with E-state index in [0.29, 0.717) is 23.7 Å². The number of ether oxygens (including phenoxy) is 3. The second-order valence-electron chi connectivity index (χ2n) is 4.94. The molecule has 0 radical (unpaired) electrons. The Morgan fingerprint density at radius 1 is 1.26 bits per heavy atom. The average Bonchev–Trinajstić information content (AvgIpc) is 2.83. The normalized spacial score (nSPS) is 22.3. The van der Waals surface area contributed by atoms with E-state index in [1.54, 1.807) is 20.3 Å². The van der Waals surface area contributed by atoms with Gasteiger partial charge in [-0.3, -0.25) is 4.79 Å². The zero-order valence-electron chi connectivity index (χ0n) is 11.9. The van der Waals surface area contributed by atoms with Crippen LogP contribution in [0.25, 0.3) is 0 Å². The molecular formula is C15H20O4. The highest BCUT2D eigenvalue weighted by Gasteiger charge is 2.32. The van der Waals surface area contributed by atoms with Gasteiger partial charge in [-0.2, -0.15) is 0 Å². The largest absolute Gasteiger partial charge is 0.493 e. The van der Waals surface area contributed by atoms with E-state index in [4.69, 9.17) is 14.2 Å². The van der Waals surface area contributed by atoms with E-state index in [2.05, 4.69) is 0 Å². The highest BCUT2D eigenvalue weighted by Crippen LogP contribution is 2.32. The van der Waals surface area contributed by atoms with Crippen LogP contribution in [0.1, 0.15) is 29.3 Å². The molecule has 1 saturated heterocycles. The molecule has 19 heavy (non-hydrogen) atoms. The summed E-state index contributed by atoms with van der Waals surface area (Å²) in [6.45, 7) is 4.60. The Kier molecular flexibility index (Phi) is 4.10. The molecule has 0 spiro atoms. The van der Waals surface area contributed by atoms with Crippen LogP contribution in [-0.2, 0) is 4.74 Å². The van der Waals surface area contributed by atoms with Crippen LogP contribution in [0.15, 0.2) is 12.1 Å². The number of benzene rings is 1. The highest BCUT2D eigenvalue weighted by molar-refractivity contribution is 6.01. The maximum absolute atomic E-state index is 12.5. The summed E-state index contributed by atoms with van der Waals surface area (Å²) in [6.07, 6.45) is 0.597. The van der Waals surface area contributed by atoms with Crippen molar-refractivity contribution in [2.75, 3.05) is 20.8 Å². The Labute approximate surface area is 113 Å². The van der Waals surface area contributed by atoms with Gasteiger partial charge in [0.05, 0.1) is 14.2 Å². The molecule has 1 aromatic rings. The summed E-state index contributed by atoms with van der Waals surface area (Å²) in [4.78, 5) is 12.5. The average molecular weight is 264 g/mol. The first-order valence-corrected chi connectivity index (χ1v) is 6.47. The number of aryl methyl sites for hydroxylation is 1. The molecule has 104 valence electrons. The smallest absolute Gasteiger partial charge is 0.192 e. The summed E-state index contributed by atoms with van der Waals surface area (Å²) >= 11 is 0. The molecule has 1 heterocycles. The Morgan fingerprint density at radius 3 is 2.42 bits per heavy atom. The van der Waals surface area contributed by atoms with Crippen molar-refractivity contribution in [3.63, 3.8) is 0 Å². The van der Waals surface area contributed by atoms with Crippen LogP contribution in [0, 0.1) is 12.8 Å². The molecule has 2 unspecified atom stereocenters. The summed E-state index contributed by atoms with van der Waals surface area (Å²) in [5.74, 6) is 1.50. The van der Waals surface area contributed by atoms with Gasteiger partial charge in [0.2, 0.25) is 0 Å². The van der Waals surface area contributed by atoms with Gasteiger partial charge in [0.1, 0.15) is 6.10 Å². The molecule has 1 aliphatic heterocycles. The summed E-state index contributed by atoms with van der Waals surface area (Å²) in [5, 5.41) is 0. The topological polar surface area (TPSA) is 44.8 Å². The lowest BCUT2D eigenvalue weighted by Gasteiger charge is -2.17. The molecule has 4 nitrogen and oxygen atoms in total. The van der Waals surface area contributed by atoms with E-state index in [1.807, 2.05) is 19.9 Å². The maximum atomic E-state index is 12.5. The van der Waals surface area contributed by atoms with Crippen LogP contribution >= 0.6 is 0 Å². The lowest BCUT2D eigenvalue weighted by molar-refractivity contribution is 0.0578. The van der Waals surface area contributed by atoms with E-state index in [9.17, 15) is 4.79 Å². The standard InChI is InChI=1S/C15H20O4/c1-9-5-6-19-15(9)14(16)11-8-13(18-4)12(17-3)7-10(11)2/h7-9,15H,5-6H2,1-4H3. The first-order chi connectivity index (χ1) is 9.08. The van der Waals surface area contributed by atoms with Crippen molar-refractivity contribution in [3.05, 3.63) is 23.3 Å². The Hall–Kier alpha value is -1.55. The summed E-state index contributed by atoms with van der Waals surface area (Å²) in [5.41, 5.74) is 1.53. The van der Waals surface area contributed by atoms with Crippen LogP contribution in [-0.4, -0.2) is 32.7 Å². The zero-order chi connectivity index (χ0) is 14.0. The van der Waals surface area contributed by atoms with Crippen molar-refractivity contribution in [2.45, 2.75) is 26.4 Å². The number of methoxy groups -OCH3 is 2. The molecule has 1 aromatic carbocycles. The lowest BCUT2D eigenvalue weighted by Crippen LogP contribution is -2.26. The van der Waals surface area contributed by atoms with Crippen LogP contribution in [0.2, 0.25) is 0 Å².